The van der Waals surface area contributed by atoms with E-state index in [9.17, 15) is 8.42 Å². The van der Waals surface area contributed by atoms with Crippen LogP contribution in [0.5, 0.6) is 0 Å². The van der Waals surface area contributed by atoms with Crippen molar-refractivity contribution in [3.05, 3.63) is 16.5 Å². The zero-order valence-corrected chi connectivity index (χ0v) is 13.0. The SMILES string of the molecule is CNCc1cc(S(=O)(=O)N(C)CCOC)c(Br)o1. The van der Waals surface area contributed by atoms with E-state index in [1.54, 1.807) is 7.05 Å². The Kier molecular flexibility index (Phi) is 5.80. The fourth-order valence-electron chi connectivity index (χ4n) is 1.34. The van der Waals surface area contributed by atoms with Crippen molar-refractivity contribution >= 4 is 26.0 Å². The van der Waals surface area contributed by atoms with E-state index in [1.165, 1.54) is 24.5 Å². The van der Waals surface area contributed by atoms with Gasteiger partial charge in [0.15, 0.2) is 4.67 Å². The van der Waals surface area contributed by atoms with Gasteiger partial charge in [-0.25, -0.2) is 8.42 Å². The Morgan fingerprint density at radius 1 is 1.56 bits per heavy atom. The van der Waals surface area contributed by atoms with Gasteiger partial charge >= 0.3 is 0 Å². The van der Waals surface area contributed by atoms with E-state index >= 15 is 0 Å². The van der Waals surface area contributed by atoms with Gasteiger partial charge in [-0.3, -0.25) is 0 Å². The molecule has 0 atom stereocenters. The highest BCUT2D eigenvalue weighted by Gasteiger charge is 2.26. The second-order valence-electron chi connectivity index (χ2n) is 3.70. The summed E-state index contributed by atoms with van der Waals surface area (Å²) in [5.74, 6) is 0.558. The van der Waals surface area contributed by atoms with Crippen LogP contribution in [0.2, 0.25) is 0 Å². The third kappa shape index (κ3) is 3.55. The minimum atomic E-state index is -3.55. The second-order valence-corrected chi connectivity index (χ2v) is 6.43. The van der Waals surface area contributed by atoms with Crippen molar-refractivity contribution in [3.63, 3.8) is 0 Å². The van der Waals surface area contributed by atoms with Gasteiger partial charge < -0.3 is 14.5 Å². The molecule has 8 heteroatoms. The van der Waals surface area contributed by atoms with E-state index in [2.05, 4.69) is 21.2 Å². The Bertz CT molecular complexity index is 486. The number of likely N-dealkylation sites (N-methyl/N-ethyl adjacent to an activating group) is 1. The summed E-state index contributed by atoms with van der Waals surface area (Å²) in [6.45, 7) is 1.10. The molecule has 1 rings (SSSR count). The zero-order valence-electron chi connectivity index (χ0n) is 10.6. The fraction of sp³-hybridized carbons (Fsp3) is 0.600. The van der Waals surface area contributed by atoms with Gasteiger partial charge in [0, 0.05) is 26.8 Å². The molecule has 1 N–H and O–H groups in total. The molecule has 6 nitrogen and oxygen atoms in total. The quantitative estimate of drug-likeness (QED) is 0.802. The van der Waals surface area contributed by atoms with Gasteiger partial charge in [0.2, 0.25) is 10.0 Å². The van der Waals surface area contributed by atoms with Gasteiger partial charge in [-0.2, -0.15) is 4.31 Å². The number of halogens is 1. The van der Waals surface area contributed by atoms with Crippen molar-refractivity contribution in [1.82, 2.24) is 9.62 Å². The maximum absolute atomic E-state index is 12.2. The molecule has 1 heterocycles. The normalized spacial score (nSPS) is 12.3. The van der Waals surface area contributed by atoms with Crippen LogP contribution in [0, 0.1) is 0 Å². The van der Waals surface area contributed by atoms with Crippen molar-refractivity contribution in [2.45, 2.75) is 11.4 Å². The minimum Gasteiger partial charge on any atom is -0.452 e. The fourth-order valence-corrected chi connectivity index (χ4v) is 3.45. The Labute approximate surface area is 115 Å². The lowest BCUT2D eigenvalue weighted by atomic mass is 10.4. The molecule has 1 aromatic heterocycles. The smallest absolute Gasteiger partial charge is 0.247 e. The van der Waals surface area contributed by atoms with Crippen LogP contribution in [0.15, 0.2) is 20.0 Å². The first-order valence-corrected chi connectivity index (χ1v) is 7.55. The van der Waals surface area contributed by atoms with E-state index in [0.717, 1.165) is 0 Å². The number of sulfonamides is 1. The zero-order chi connectivity index (χ0) is 13.8. The molecule has 0 bridgehead atoms. The molecular weight excluding hydrogens is 324 g/mol. The lowest BCUT2D eigenvalue weighted by molar-refractivity contribution is 0.185. The first-order valence-electron chi connectivity index (χ1n) is 5.31. The topological polar surface area (TPSA) is 71.8 Å². The summed E-state index contributed by atoms with van der Waals surface area (Å²) in [6.07, 6.45) is 0. The predicted octanol–water partition coefficient (Wildman–Crippen LogP) is 1.03. The van der Waals surface area contributed by atoms with Crippen molar-refractivity contribution < 1.29 is 17.6 Å². The first-order chi connectivity index (χ1) is 8.43. The van der Waals surface area contributed by atoms with Crippen LogP contribution in [-0.4, -0.2) is 47.1 Å². The van der Waals surface area contributed by atoms with Crippen LogP contribution in [0.4, 0.5) is 0 Å². The second kappa shape index (κ2) is 6.67. The van der Waals surface area contributed by atoms with E-state index in [4.69, 9.17) is 9.15 Å². The van der Waals surface area contributed by atoms with E-state index < -0.39 is 10.0 Å². The van der Waals surface area contributed by atoms with Crippen LogP contribution in [0.3, 0.4) is 0 Å². The highest BCUT2D eigenvalue weighted by Crippen LogP contribution is 2.28. The number of nitrogens with one attached hydrogen (secondary N) is 1. The lowest BCUT2D eigenvalue weighted by Crippen LogP contribution is -2.30. The van der Waals surface area contributed by atoms with E-state index in [-0.39, 0.29) is 16.1 Å². The third-order valence-electron chi connectivity index (χ3n) is 2.36. The summed E-state index contributed by atoms with van der Waals surface area (Å²) in [5.41, 5.74) is 0. The molecule has 0 aliphatic rings. The molecule has 0 aliphatic heterocycles. The molecule has 1 aromatic rings. The van der Waals surface area contributed by atoms with Crippen LogP contribution >= 0.6 is 15.9 Å². The molecular formula is C10H17BrN2O4S. The average molecular weight is 341 g/mol. The molecule has 0 saturated carbocycles. The summed E-state index contributed by atoms with van der Waals surface area (Å²) in [5, 5.41) is 2.90. The van der Waals surface area contributed by atoms with Gasteiger partial charge in [-0.05, 0) is 23.0 Å². The lowest BCUT2D eigenvalue weighted by Gasteiger charge is -2.15. The molecule has 0 radical (unpaired) electrons. The van der Waals surface area contributed by atoms with Crippen molar-refractivity contribution in [2.24, 2.45) is 0 Å². The maximum Gasteiger partial charge on any atom is 0.247 e. The number of hydrogen-bond donors (Lipinski definition) is 1. The molecule has 0 amide bonds. The Hall–Kier alpha value is -0.410. The van der Waals surface area contributed by atoms with Crippen molar-refractivity contribution in [1.29, 1.82) is 0 Å². The predicted molar refractivity (Wildman–Crippen MR) is 70.9 cm³/mol. The maximum atomic E-state index is 12.2. The number of hydrogen-bond acceptors (Lipinski definition) is 5. The number of ether oxygens (including phenoxy) is 1. The summed E-state index contributed by atoms with van der Waals surface area (Å²) in [7, 11) is 1.24. The van der Waals surface area contributed by atoms with Crippen LogP contribution in [0.25, 0.3) is 0 Å². The van der Waals surface area contributed by atoms with Crippen LogP contribution in [0.1, 0.15) is 5.76 Å². The largest absolute Gasteiger partial charge is 0.452 e. The molecule has 18 heavy (non-hydrogen) atoms. The molecule has 0 aliphatic carbocycles. The average Bonchev–Trinajstić information content (AvgIpc) is 2.68. The molecule has 0 fully saturated rings. The molecule has 0 aromatic carbocycles. The van der Waals surface area contributed by atoms with Gasteiger partial charge in [0.1, 0.15) is 10.7 Å². The first kappa shape index (κ1) is 15.6. The Morgan fingerprint density at radius 2 is 2.22 bits per heavy atom. The molecule has 0 saturated heterocycles. The van der Waals surface area contributed by atoms with Crippen LogP contribution in [-0.2, 0) is 21.3 Å². The van der Waals surface area contributed by atoms with Gasteiger partial charge in [0.25, 0.3) is 0 Å². The molecule has 0 spiro atoms. The van der Waals surface area contributed by atoms with Gasteiger partial charge in [0.05, 0.1) is 13.2 Å². The highest BCUT2D eigenvalue weighted by molar-refractivity contribution is 9.10. The summed E-state index contributed by atoms with van der Waals surface area (Å²) >= 11 is 3.13. The van der Waals surface area contributed by atoms with Crippen LogP contribution < -0.4 is 5.32 Å². The van der Waals surface area contributed by atoms with E-state index in [1.807, 2.05) is 0 Å². The summed E-state index contributed by atoms with van der Waals surface area (Å²) in [6, 6.07) is 1.51. The Morgan fingerprint density at radius 3 is 2.78 bits per heavy atom. The number of rotatable bonds is 7. The summed E-state index contributed by atoms with van der Waals surface area (Å²) < 4.78 is 36.1. The Balaban J connectivity index is 2.97. The highest BCUT2D eigenvalue weighted by atomic mass is 79.9. The monoisotopic (exact) mass is 340 g/mol. The standard InChI is InChI=1S/C10H17BrN2O4S/c1-12-7-8-6-9(10(11)17-8)18(14,15)13(2)4-5-16-3/h6,12H,4-5,7H2,1-3H3. The van der Waals surface area contributed by atoms with Crippen molar-refractivity contribution in [2.75, 3.05) is 34.4 Å². The molecule has 104 valence electrons. The van der Waals surface area contributed by atoms with Gasteiger partial charge in [-0.15, -0.1) is 0 Å². The minimum absolute atomic E-state index is 0.131. The van der Waals surface area contributed by atoms with E-state index in [0.29, 0.717) is 18.9 Å². The third-order valence-corrected chi connectivity index (χ3v) is 5.07. The summed E-state index contributed by atoms with van der Waals surface area (Å²) in [4.78, 5) is 0.131. The van der Waals surface area contributed by atoms with Crippen molar-refractivity contribution in [3.8, 4) is 0 Å². The number of nitrogens with zero attached hydrogens (tertiary/aromatic N) is 1. The number of methoxy groups -OCH3 is 1. The number of furan rings is 1. The molecule has 0 unspecified atom stereocenters. The van der Waals surface area contributed by atoms with Gasteiger partial charge in [-0.1, -0.05) is 0 Å².